The third-order valence-corrected chi connectivity index (χ3v) is 5.66. The van der Waals surface area contributed by atoms with E-state index < -0.39 is 11.7 Å². The number of pyridine rings is 1. The van der Waals surface area contributed by atoms with Gasteiger partial charge in [-0.1, -0.05) is 25.9 Å². The number of piperidine rings is 1. The third kappa shape index (κ3) is 3.95. The van der Waals surface area contributed by atoms with Crippen molar-refractivity contribution in [2.45, 2.75) is 64.6 Å². The summed E-state index contributed by atoms with van der Waals surface area (Å²) in [6.45, 7) is 10.1. The molecule has 1 atom stereocenters. The minimum atomic E-state index is -4.49. The van der Waals surface area contributed by atoms with E-state index in [-0.39, 0.29) is 28.1 Å². The Morgan fingerprint density at radius 1 is 1.27 bits per heavy atom. The van der Waals surface area contributed by atoms with Gasteiger partial charge in [-0.3, -0.25) is 10.00 Å². The molecule has 4 rings (SSSR count). The lowest BCUT2D eigenvalue weighted by molar-refractivity contribution is -0.136. The number of aromatic nitrogens is 4. The number of hydrogen-bond acceptors (Lipinski definition) is 5. The van der Waals surface area contributed by atoms with E-state index in [9.17, 15) is 13.2 Å². The first-order valence-corrected chi connectivity index (χ1v) is 10.1. The van der Waals surface area contributed by atoms with Crippen LogP contribution in [0.25, 0.3) is 11.1 Å². The molecule has 0 saturated carbocycles. The van der Waals surface area contributed by atoms with Crippen molar-refractivity contribution >= 4 is 11.1 Å². The minimum absolute atomic E-state index is 0.00126. The summed E-state index contributed by atoms with van der Waals surface area (Å²) in [5.74, 6) is -0.143. The maximum absolute atomic E-state index is 13.7. The van der Waals surface area contributed by atoms with E-state index in [0.29, 0.717) is 18.8 Å². The molecular formula is C21H26F3N5O. The van der Waals surface area contributed by atoms with Crippen LogP contribution in [-0.4, -0.2) is 38.3 Å². The number of aryl methyl sites for hydroxylation is 1. The quantitative estimate of drug-likeness (QED) is 0.648. The molecule has 3 aromatic heterocycles. The van der Waals surface area contributed by atoms with Gasteiger partial charge in [-0.2, -0.15) is 18.3 Å². The van der Waals surface area contributed by atoms with E-state index in [1.165, 1.54) is 6.92 Å². The SMILES string of the molecule is Cc1cc(C(F)(F)F)c2c(C3CCCN(Cc4cn[nH]c4C(C)(C)C)C3)noc2n1. The lowest BCUT2D eigenvalue weighted by atomic mass is 9.88. The Bertz CT molecular complexity index is 1050. The van der Waals surface area contributed by atoms with E-state index >= 15 is 0 Å². The number of nitrogens with one attached hydrogen (secondary N) is 1. The summed E-state index contributed by atoms with van der Waals surface area (Å²) in [4.78, 5) is 6.38. The standard InChI is InChI=1S/C21H26F3N5O/c1-12-8-15(21(22,23)24)16-17(28-30-19(16)26-12)13-6-5-7-29(10-13)11-14-9-25-27-18(14)20(2,3)4/h8-9,13H,5-7,10-11H2,1-4H3,(H,25,27). The van der Waals surface area contributed by atoms with Gasteiger partial charge in [0.25, 0.3) is 5.71 Å². The van der Waals surface area contributed by atoms with Gasteiger partial charge >= 0.3 is 6.18 Å². The van der Waals surface area contributed by atoms with Gasteiger partial charge in [0.2, 0.25) is 0 Å². The number of H-pyrrole nitrogens is 1. The van der Waals surface area contributed by atoms with Crippen LogP contribution in [0.2, 0.25) is 0 Å². The van der Waals surface area contributed by atoms with Crippen molar-refractivity contribution < 1.29 is 17.7 Å². The van der Waals surface area contributed by atoms with Gasteiger partial charge in [-0.15, -0.1) is 0 Å². The number of nitrogens with zero attached hydrogens (tertiary/aromatic N) is 4. The molecule has 30 heavy (non-hydrogen) atoms. The fourth-order valence-electron chi connectivity index (χ4n) is 4.34. The lowest BCUT2D eigenvalue weighted by Gasteiger charge is -2.32. The fraction of sp³-hybridized carbons (Fsp3) is 0.571. The summed E-state index contributed by atoms with van der Waals surface area (Å²) >= 11 is 0. The van der Waals surface area contributed by atoms with E-state index in [1.54, 1.807) is 0 Å². The topological polar surface area (TPSA) is 70.8 Å². The van der Waals surface area contributed by atoms with Gasteiger partial charge in [0.05, 0.1) is 22.8 Å². The molecule has 0 amide bonds. The molecule has 1 saturated heterocycles. The molecular weight excluding hydrogens is 395 g/mol. The summed E-state index contributed by atoms with van der Waals surface area (Å²) in [7, 11) is 0. The van der Waals surface area contributed by atoms with Crippen LogP contribution in [0.3, 0.4) is 0 Å². The minimum Gasteiger partial charge on any atom is -0.336 e. The molecule has 1 N–H and O–H groups in total. The molecule has 162 valence electrons. The zero-order valence-electron chi connectivity index (χ0n) is 17.6. The van der Waals surface area contributed by atoms with Crippen LogP contribution in [0.5, 0.6) is 0 Å². The number of fused-ring (bicyclic) bond motifs is 1. The third-order valence-electron chi connectivity index (χ3n) is 5.66. The van der Waals surface area contributed by atoms with Crippen LogP contribution in [-0.2, 0) is 18.1 Å². The zero-order chi connectivity index (χ0) is 21.7. The smallest absolute Gasteiger partial charge is 0.336 e. The van der Waals surface area contributed by atoms with Crippen LogP contribution in [0.15, 0.2) is 16.8 Å². The number of rotatable bonds is 3. The van der Waals surface area contributed by atoms with Crippen LogP contribution in [0.4, 0.5) is 13.2 Å². The second-order valence-electron chi connectivity index (χ2n) is 9.15. The molecule has 0 aliphatic carbocycles. The van der Waals surface area contributed by atoms with Gasteiger partial charge in [-0.05, 0) is 32.4 Å². The number of likely N-dealkylation sites (tertiary alicyclic amines) is 1. The molecule has 1 unspecified atom stereocenters. The van der Waals surface area contributed by atoms with Crippen molar-refractivity contribution in [2.24, 2.45) is 0 Å². The normalized spacial score (nSPS) is 19.0. The van der Waals surface area contributed by atoms with Crippen LogP contribution in [0, 0.1) is 6.92 Å². The zero-order valence-corrected chi connectivity index (χ0v) is 17.6. The van der Waals surface area contributed by atoms with Gasteiger partial charge in [0.15, 0.2) is 0 Å². The number of hydrogen-bond donors (Lipinski definition) is 1. The van der Waals surface area contributed by atoms with Crippen LogP contribution in [0.1, 0.15) is 67.7 Å². The molecule has 4 heterocycles. The summed E-state index contributed by atoms with van der Waals surface area (Å²) < 4.78 is 46.3. The average molecular weight is 421 g/mol. The van der Waals surface area contributed by atoms with Crippen molar-refractivity contribution in [3.05, 3.63) is 40.5 Å². The molecule has 1 aliphatic rings. The molecule has 0 spiro atoms. The predicted molar refractivity (Wildman–Crippen MR) is 106 cm³/mol. The highest BCUT2D eigenvalue weighted by atomic mass is 19.4. The molecule has 0 bridgehead atoms. The Kier molecular flexibility index (Phi) is 5.12. The molecule has 0 aromatic carbocycles. The predicted octanol–water partition coefficient (Wildman–Crippen LogP) is 4.95. The van der Waals surface area contributed by atoms with Gasteiger partial charge < -0.3 is 4.52 Å². The fourth-order valence-corrected chi connectivity index (χ4v) is 4.34. The Morgan fingerprint density at radius 2 is 2.03 bits per heavy atom. The molecule has 1 fully saturated rings. The average Bonchev–Trinajstić information content (AvgIpc) is 3.27. The van der Waals surface area contributed by atoms with E-state index in [0.717, 1.165) is 36.7 Å². The van der Waals surface area contributed by atoms with Crippen LogP contribution >= 0.6 is 0 Å². The Hall–Kier alpha value is -2.42. The number of alkyl halides is 3. The highest BCUT2D eigenvalue weighted by molar-refractivity contribution is 5.81. The molecule has 0 radical (unpaired) electrons. The van der Waals surface area contributed by atoms with Gasteiger partial charge in [0, 0.05) is 41.4 Å². The van der Waals surface area contributed by atoms with Crippen molar-refractivity contribution in [1.29, 1.82) is 0 Å². The van der Waals surface area contributed by atoms with E-state index in [1.807, 2.05) is 6.20 Å². The monoisotopic (exact) mass is 421 g/mol. The van der Waals surface area contributed by atoms with Gasteiger partial charge in [-0.25, -0.2) is 4.98 Å². The highest BCUT2D eigenvalue weighted by Gasteiger charge is 2.38. The largest absolute Gasteiger partial charge is 0.417 e. The molecule has 1 aliphatic heterocycles. The van der Waals surface area contributed by atoms with Crippen molar-refractivity contribution in [3.63, 3.8) is 0 Å². The first-order chi connectivity index (χ1) is 14.0. The highest BCUT2D eigenvalue weighted by Crippen LogP contribution is 2.40. The van der Waals surface area contributed by atoms with Crippen molar-refractivity contribution in [1.82, 2.24) is 25.2 Å². The first kappa shape index (κ1) is 20.8. The maximum atomic E-state index is 13.7. The number of halogens is 3. The summed E-state index contributed by atoms with van der Waals surface area (Å²) in [6.07, 6.45) is -1.01. The summed E-state index contributed by atoms with van der Waals surface area (Å²) in [5, 5.41) is 11.3. The second-order valence-corrected chi connectivity index (χ2v) is 9.15. The lowest BCUT2D eigenvalue weighted by Crippen LogP contribution is -2.34. The summed E-state index contributed by atoms with van der Waals surface area (Å²) in [6, 6.07) is 1.07. The first-order valence-electron chi connectivity index (χ1n) is 10.1. The summed E-state index contributed by atoms with van der Waals surface area (Å²) in [5.41, 5.74) is 1.99. The molecule has 3 aromatic rings. The second kappa shape index (κ2) is 7.37. The Labute approximate surface area is 172 Å². The molecule has 6 nitrogen and oxygen atoms in total. The van der Waals surface area contributed by atoms with Crippen molar-refractivity contribution in [3.8, 4) is 0 Å². The van der Waals surface area contributed by atoms with E-state index in [4.69, 9.17) is 4.52 Å². The van der Waals surface area contributed by atoms with Crippen molar-refractivity contribution in [2.75, 3.05) is 13.1 Å². The Balaban J connectivity index is 1.63. The van der Waals surface area contributed by atoms with Crippen LogP contribution < -0.4 is 0 Å². The van der Waals surface area contributed by atoms with E-state index in [2.05, 4.69) is 46.0 Å². The Morgan fingerprint density at radius 3 is 2.73 bits per heavy atom. The van der Waals surface area contributed by atoms with Gasteiger partial charge in [0.1, 0.15) is 0 Å². The maximum Gasteiger partial charge on any atom is 0.417 e. The molecule has 9 heteroatoms. The number of aromatic amines is 1.